The molecule has 2 aromatic rings. The van der Waals surface area contributed by atoms with E-state index in [0.29, 0.717) is 13.0 Å². The number of hydrogen-bond acceptors (Lipinski definition) is 4. The van der Waals surface area contributed by atoms with Crippen LogP contribution in [-0.2, 0) is 13.1 Å². The van der Waals surface area contributed by atoms with Crippen LogP contribution in [0.3, 0.4) is 0 Å². The Morgan fingerprint density at radius 1 is 1.29 bits per heavy atom. The van der Waals surface area contributed by atoms with E-state index in [-0.39, 0.29) is 5.78 Å². The number of anilines is 1. The molecule has 0 atom stereocenters. The van der Waals surface area contributed by atoms with Crippen molar-refractivity contribution in [2.24, 2.45) is 0 Å². The average Bonchev–Trinajstić information content (AvgIpc) is 2.87. The number of aryl methyl sites for hydroxylation is 1. The lowest BCUT2D eigenvalue weighted by molar-refractivity contribution is 0.0984. The zero-order valence-electron chi connectivity index (χ0n) is 12.3. The van der Waals surface area contributed by atoms with Gasteiger partial charge in [-0.15, -0.1) is 0 Å². The van der Waals surface area contributed by atoms with Crippen molar-refractivity contribution in [1.29, 1.82) is 0 Å². The van der Waals surface area contributed by atoms with Crippen molar-refractivity contribution in [1.82, 2.24) is 14.8 Å². The van der Waals surface area contributed by atoms with Gasteiger partial charge in [0.25, 0.3) is 0 Å². The number of aromatic nitrogens is 3. The summed E-state index contributed by atoms with van der Waals surface area (Å²) in [5, 5.41) is 4.28. The molecule has 0 fully saturated rings. The van der Waals surface area contributed by atoms with Crippen molar-refractivity contribution in [3.63, 3.8) is 0 Å². The Morgan fingerprint density at radius 2 is 2.14 bits per heavy atom. The topological polar surface area (TPSA) is 51.0 Å². The number of nitrogens with zero attached hydrogens (tertiary/aromatic N) is 4. The number of benzene rings is 1. The van der Waals surface area contributed by atoms with E-state index in [1.165, 1.54) is 0 Å². The predicted octanol–water partition coefficient (Wildman–Crippen LogP) is 2.67. The van der Waals surface area contributed by atoms with Gasteiger partial charge in [-0.1, -0.05) is 19.1 Å². The zero-order chi connectivity index (χ0) is 14.7. The molecule has 0 spiro atoms. The Morgan fingerprint density at radius 3 is 3.00 bits per heavy atom. The number of Topliss-reactive ketones (excluding diaryl/α,β-unsaturated/α-hetero) is 1. The standard InChI is InChI=1S/C16H20N4O/c1-2-9-20-16(17-12-18-20)11-19-10-5-8-15(21)13-6-3-4-7-14(13)19/h3-4,6-7,12H,2,5,8-11H2,1H3. The monoisotopic (exact) mass is 284 g/mol. The summed E-state index contributed by atoms with van der Waals surface area (Å²) in [5.41, 5.74) is 1.85. The summed E-state index contributed by atoms with van der Waals surface area (Å²) in [6.45, 7) is 4.58. The minimum Gasteiger partial charge on any atom is -0.363 e. The lowest BCUT2D eigenvalue weighted by atomic mass is 10.1. The third-order valence-corrected chi connectivity index (χ3v) is 3.84. The van der Waals surface area contributed by atoms with Crippen LogP contribution in [0.1, 0.15) is 42.4 Å². The summed E-state index contributed by atoms with van der Waals surface area (Å²) in [6.07, 6.45) is 4.15. The molecule has 0 radical (unpaired) electrons. The summed E-state index contributed by atoms with van der Waals surface area (Å²) < 4.78 is 1.95. The molecule has 5 heteroatoms. The van der Waals surface area contributed by atoms with Gasteiger partial charge in [0, 0.05) is 30.8 Å². The predicted molar refractivity (Wildman–Crippen MR) is 81.4 cm³/mol. The van der Waals surface area contributed by atoms with Crippen molar-refractivity contribution in [2.75, 3.05) is 11.4 Å². The van der Waals surface area contributed by atoms with Crippen LogP contribution in [-0.4, -0.2) is 27.1 Å². The van der Waals surface area contributed by atoms with Gasteiger partial charge in [0.15, 0.2) is 5.78 Å². The van der Waals surface area contributed by atoms with Crippen LogP contribution < -0.4 is 4.90 Å². The molecular weight excluding hydrogens is 264 g/mol. The summed E-state index contributed by atoms with van der Waals surface area (Å²) in [7, 11) is 0. The first-order valence-corrected chi connectivity index (χ1v) is 7.53. The van der Waals surface area contributed by atoms with Gasteiger partial charge in [0.2, 0.25) is 0 Å². The number of carbonyl (C=O) groups is 1. The Kier molecular flexibility index (Phi) is 3.99. The lowest BCUT2D eigenvalue weighted by Crippen LogP contribution is -2.26. The zero-order valence-corrected chi connectivity index (χ0v) is 12.3. The molecule has 5 nitrogen and oxygen atoms in total. The van der Waals surface area contributed by atoms with Gasteiger partial charge >= 0.3 is 0 Å². The van der Waals surface area contributed by atoms with E-state index < -0.39 is 0 Å². The molecule has 21 heavy (non-hydrogen) atoms. The SMILES string of the molecule is CCCn1ncnc1CN1CCCC(=O)c2ccccc21. The van der Waals surface area contributed by atoms with Crippen LogP contribution >= 0.6 is 0 Å². The van der Waals surface area contributed by atoms with E-state index in [2.05, 4.69) is 21.9 Å². The third kappa shape index (κ3) is 2.82. The molecular formula is C16H20N4O. The first-order chi connectivity index (χ1) is 10.3. The minimum atomic E-state index is 0.239. The van der Waals surface area contributed by atoms with E-state index >= 15 is 0 Å². The number of carbonyl (C=O) groups excluding carboxylic acids is 1. The molecule has 0 unspecified atom stereocenters. The van der Waals surface area contributed by atoms with Gasteiger partial charge in [-0.05, 0) is 25.0 Å². The largest absolute Gasteiger partial charge is 0.363 e. The second kappa shape index (κ2) is 6.08. The maximum absolute atomic E-state index is 12.2. The van der Waals surface area contributed by atoms with Crippen molar-refractivity contribution < 1.29 is 4.79 Å². The summed E-state index contributed by atoms with van der Waals surface area (Å²) in [5.74, 6) is 1.20. The summed E-state index contributed by atoms with van der Waals surface area (Å²) >= 11 is 0. The molecule has 1 aliphatic rings. The normalized spacial score (nSPS) is 14.9. The van der Waals surface area contributed by atoms with Crippen molar-refractivity contribution >= 4 is 11.5 Å². The fraction of sp³-hybridized carbons (Fsp3) is 0.438. The highest BCUT2D eigenvalue weighted by Crippen LogP contribution is 2.27. The van der Waals surface area contributed by atoms with E-state index in [1.807, 2.05) is 28.9 Å². The quantitative estimate of drug-likeness (QED) is 0.866. The molecule has 110 valence electrons. The number of hydrogen-bond donors (Lipinski definition) is 0. The highest BCUT2D eigenvalue weighted by atomic mass is 16.1. The van der Waals surface area contributed by atoms with E-state index in [1.54, 1.807) is 6.33 Å². The van der Waals surface area contributed by atoms with Crippen molar-refractivity contribution in [2.45, 2.75) is 39.3 Å². The Labute approximate surface area is 124 Å². The molecule has 1 aliphatic heterocycles. The van der Waals surface area contributed by atoms with Crippen LogP contribution in [0.2, 0.25) is 0 Å². The van der Waals surface area contributed by atoms with Gasteiger partial charge < -0.3 is 4.90 Å². The van der Waals surface area contributed by atoms with Gasteiger partial charge in [-0.2, -0.15) is 5.10 Å². The Hall–Kier alpha value is -2.17. The average molecular weight is 284 g/mol. The molecule has 1 aromatic carbocycles. The fourth-order valence-corrected chi connectivity index (χ4v) is 2.81. The molecule has 3 rings (SSSR count). The third-order valence-electron chi connectivity index (χ3n) is 3.84. The summed E-state index contributed by atoms with van der Waals surface area (Å²) in [4.78, 5) is 18.8. The first kappa shape index (κ1) is 13.8. The van der Waals surface area contributed by atoms with Crippen molar-refractivity contribution in [3.8, 4) is 0 Å². The molecule has 1 aromatic heterocycles. The van der Waals surface area contributed by atoms with Crippen LogP contribution in [0.4, 0.5) is 5.69 Å². The summed E-state index contributed by atoms with van der Waals surface area (Å²) in [6, 6.07) is 7.87. The van der Waals surface area contributed by atoms with Crippen LogP contribution in [0.25, 0.3) is 0 Å². The van der Waals surface area contributed by atoms with Gasteiger partial charge in [0.05, 0.1) is 6.54 Å². The molecule has 0 N–H and O–H groups in total. The Balaban J connectivity index is 1.89. The fourth-order valence-electron chi connectivity index (χ4n) is 2.81. The molecule has 2 heterocycles. The van der Waals surface area contributed by atoms with Crippen LogP contribution in [0.5, 0.6) is 0 Å². The smallest absolute Gasteiger partial charge is 0.165 e. The Bertz CT molecular complexity index is 635. The molecule has 0 saturated carbocycles. The molecule has 0 amide bonds. The van der Waals surface area contributed by atoms with Gasteiger partial charge in [0.1, 0.15) is 12.2 Å². The lowest BCUT2D eigenvalue weighted by Gasteiger charge is -2.24. The second-order valence-electron chi connectivity index (χ2n) is 5.36. The molecule has 0 saturated heterocycles. The van der Waals surface area contributed by atoms with Crippen LogP contribution in [0, 0.1) is 0 Å². The van der Waals surface area contributed by atoms with Gasteiger partial charge in [-0.3, -0.25) is 4.79 Å². The number of fused-ring (bicyclic) bond motifs is 1. The minimum absolute atomic E-state index is 0.239. The van der Waals surface area contributed by atoms with E-state index in [4.69, 9.17) is 0 Å². The molecule has 0 aliphatic carbocycles. The highest BCUT2D eigenvalue weighted by Gasteiger charge is 2.21. The number of rotatable bonds is 4. The van der Waals surface area contributed by atoms with E-state index in [0.717, 1.165) is 43.0 Å². The maximum Gasteiger partial charge on any atom is 0.165 e. The number of ketones is 1. The first-order valence-electron chi connectivity index (χ1n) is 7.53. The van der Waals surface area contributed by atoms with Crippen molar-refractivity contribution in [3.05, 3.63) is 42.0 Å². The van der Waals surface area contributed by atoms with Crippen LogP contribution in [0.15, 0.2) is 30.6 Å². The number of para-hydroxylation sites is 1. The molecule has 0 bridgehead atoms. The van der Waals surface area contributed by atoms with Gasteiger partial charge in [-0.25, -0.2) is 9.67 Å². The maximum atomic E-state index is 12.2. The second-order valence-corrected chi connectivity index (χ2v) is 5.36. The van der Waals surface area contributed by atoms with E-state index in [9.17, 15) is 4.79 Å². The highest BCUT2D eigenvalue weighted by molar-refractivity contribution is 6.01.